The van der Waals surface area contributed by atoms with Crippen molar-refractivity contribution in [2.45, 2.75) is 26.2 Å². The highest BCUT2D eigenvalue weighted by Crippen LogP contribution is 2.21. The number of unbranched alkanes of at least 4 members (excludes halogenated alkanes) is 1. The van der Waals surface area contributed by atoms with E-state index in [9.17, 15) is 4.79 Å². The van der Waals surface area contributed by atoms with Crippen molar-refractivity contribution in [3.8, 4) is 0 Å². The van der Waals surface area contributed by atoms with E-state index in [1.807, 2.05) is 24.4 Å². The molecule has 0 fully saturated rings. The quantitative estimate of drug-likeness (QED) is 0.642. The van der Waals surface area contributed by atoms with Crippen LogP contribution in [0.1, 0.15) is 31.7 Å². The summed E-state index contributed by atoms with van der Waals surface area (Å²) < 4.78 is 1.02. The summed E-state index contributed by atoms with van der Waals surface area (Å²) in [7, 11) is 0. The van der Waals surface area contributed by atoms with Crippen LogP contribution in [0.15, 0.2) is 34.0 Å². The zero-order valence-electron chi connectivity index (χ0n) is 10.7. The lowest BCUT2D eigenvalue weighted by Gasteiger charge is -1.97. The Labute approximate surface area is 120 Å². The van der Waals surface area contributed by atoms with Crippen LogP contribution in [0.2, 0.25) is 0 Å². The van der Waals surface area contributed by atoms with E-state index >= 15 is 0 Å². The van der Waals surface area contributed by atoms with Gasteiger partial charge in [-0.15, -0.1) is 0 Å². The molecule has 1 heterocycles. The lowest BCUT2D eigenvalue weighted by atomic mass is 10.2. The molecule has 0 saturated heterocycles. The summed E-state index contributed by atoms with van der Waals surface area (Å²) in [4.78, 5) is 14.6. The van der Waals surface area contributed by atoms with Crippen molar-refractivity contribution in [3.63, 3.8) is 0 Å². The Bertz CT molecular complexity index is 604. The number of amides is 1. The molecule has 0 atom stereocenters. The van der Waals surface area contributed by atoms with Gasteiger partial charge in [0, 0.05) is 33.6 Å². The first-order valence-corrected chi connectivity index (χ1v) is 7.08. The zero-order valence-corrected chi connectivity index (χ0v) is 12.3. The number of carbonyl (C=O) groups excluding carboxylic acids is 1. The maximum atomic E-state index is 11.4. The van der Waals surface area contributed by atoms with Crippen LogP contribution in [0.3, 0.4) is 0 Å². The second kappa shape index (κ2) is 6.52. The SMILES string of the molecule is CCCCC(=O)NN=Cc1c[nH]c2ccc(Br)cc12. The third kappa shape index (κ3) is 3.67. The molecule has 5 heteroatoms. The van der Waals surface area contributed by atoms with Crippen molar-refractivity contribution >= 4 is 39.0 Å². The molecule has 0 aliphatic carbocycles. The summed E-state index contributed by atoms with van der Waals surface area (Å²) in [6, 6.07) is 5.99. The number of hydrogen-bond acceptors (Lipinski definition) is 2. The molecule has 1 amide bonds. The molecule has 0 saturated carbocycles. The summed E-state index contributed by atoms with van der Waals surface area (Å²) in [5, 5.41) is 5.06. The maximum Gasteiger partial charge on any atom is 0.240 e. The molecule has 2 N–H and O–H groups in total. The first-order valence-electron chi connectivity index (χ1n) is 6.29. The smallest absolute Gasteiger partial charge is 0.240 e. The molecule has 4 nitrogen and oxygen atoms in total. The van der Waals surface area contributed by atoms with Crippen LogP contribution in [-0.2, 0) is 4.79 Å². The van der Waals surface area contributed by atoms with Crippen LogP contribution in [0, 0.1) is 0 Å². The van der Waals surface area contributed by atoms with Crippen molar-refractivity contribution in [2.75, 3.05) is 0 Å². The second-order valence-corrected chi connectivity index (χ2v) is 5.25. The predicted octanol–water partition coefficient (Wildman–Crippen LogP) is 3.57. The van der Waals surface area contributed by atoms with Gasteiger partial charge < -0.3 is 4.98 Å². The minimum absolute atomic E-state index is 0.0425. The highest BCUT2D eigenvalue weighted by atomic mass is 79.9. The Balaban J connectivity index is 2.05. The summed E-state index contributed by atoms with van der Waals surface area (Å²) in [5.41, 5.74) is 4.53. The average Bonchev–Trinajstić information content (AvgIpc) is 2.79. The van der Waals surface area contributed by atoms with Gasteiger partial charge in [-0.2, -0.15) is 5.10 Å². The molecule has 1 aromatic heterocycles. The van der Waals surface area contributed by atoms with Crippen molar-refractivity contribution in [2.24, 2.45) is 5.10 Å². The Morgan fingerprint density at radius 1 is 1.53 bits per heavy atom. The number of H-pyrrole nitrogens is 1. The van der Waals surface area contributed by atoms with Crippen molar-refractivity contribution < 1.29 is 4.79 Å². The predicted molar refractivity (Wildman–Crippen MR) is 81.3 cm³/mol. The maximum absolute atomic E-state index is 11.4. The number of aromatic amines is 1. The van der Waals surface area contributed by atoms with Crippen LogP contribution < -0.4 is 5.43 Å². The minimum Gasteiger partial charge on any atom is -0.361 e. The van der Waals surface area contributed by atoms with Gasteiger partial charge in [0.1, 0.15) is 0 Å². The van der Waals surface area contributed by atoms with E-state index in [2.05, 4.69) is 38.4 Å². The molecule has 2 rings (SSSR count). The van der Waals surface area contributed by atoms with Gasteiger partial charge in [-0.3, -0.25) is 4.79 Å². The summed E-state index contributed by atoms with van der Waals surface area (Å²) in [5.74, 6) is -0.0425. The lowest BCUT2D eigenvalue weighted by molar-refractivity contribution is -0.121. The first-order chi connectivity index (χ1) is 9.20. The van der Waals surface area contributed by atoms with Crippen molar-refractivity contribution in [3.05, 3.63) is 34.4 Å². The number of rotatable bonds is 5. The monoisotopic (exact) mass is 321 g/mol. The minimum atomic E-state index is -0.0425. The number of halogens is 1. The fourth-order valence-electron chi connectivity index (χ4n) is 1.79. The first kappa shape index (κ1) is 13.8. The number of carbonyl (C=O) groups is 1. The molecule has 100 valence electrons. The van der Waals surface area contributed by atoms with Crippen molar-refractivity contribution in [1.29, 1.82) is 0 Å². The van der Waals surface area contributed by atoms with Crippen molar-refractivity contribution in [1.82, 2.24) is 10.4 Å². The molecule has 0 aliphatic rings. The van der Waals surface area contributed by atoms with E-state index in [-0.39, 0.29) is 5.91 Å². The Morgan fingerprint density at radius 3 is 3.16 bits per heavy atom. The number of hydrogen-bond donors (Lipinski definition) is 2. The second-order valence-electron chi connectivity index (χ2n) is 4.33. The molecular weight excluding hydrogens is 306 g/mol. The fraction of sp³-hybridized carbons (Fsp3) is 0.286. The van der Waals surface area contributed by atoms with Gasteiger partial charge in [0.25, 0.3) is 0 Å². The van der Waals surface area contributed by atoms with Gasteiger partial charge >= 0.3 is 0 Å². The van der Waals surface area contributed by atoms with E-state index in [4.69, 9.17) is 0 Å². The molecular formula is C14H16BrN3O. The van der Waals surface area contributed by atoms with Gasteiger partial charge in [-0.05, 0) is 24.6 Å². The summed E-state index contributed by atoms with van der Waals surface area (Å²) in [6.07, 6.45) is 5.95. The van der Waals surface area contributed by atoms with E-state index in [0.29, 0.717) is 6.42 Å². The molecule has 0 spiro atoms. The standard InChI is InChI=1S/C14H16BrN3O/c1-2-3-4-14(19)18-17-9-10-8-16-13-6-5-11(15)7-12(10)13/h5-9,16H,2-4H2,1H3,(H,18,19). The Morgan fingerprint density at radius 2 is 2.37 bits per heavy atom. The van der Waals surface area contributed by atoms with Crippen LogP contribution in [0.5, 0.6) is 0 Å². The number of aromatic nitrogens is 1. The van der Waals surface area contributed by atoms with Crippen LogP contribution >= 0.6 is 15.9 Å². The molecule has 2 aromatic rings. The topological polar surface area (TPSA) is 57.2 Å². The molecule has 19 heavy (non-hydrogen) atoms. The van der Waals surface area contributed by atoms with E-state index < -0.39 is 0 Å². The third-order valence-corrected chi connectivity index (χ3v) is 3.32. The normalized spacial score (nSPS) is 11.3. The van der Waals surface area contributed by atoms with Gasteiger partial charge in [0.2, 0.25) is 5.91 Å². The van der Waals surface area contributed by atoms with Crippen LogP contribution in [-0.4, -0.2) is 17.1 Å². The molecule has 0 unspecified atom stereocenters. The molecule has 0 bridgehead atoms. The Hall–Kier alpha value is -1.62. The van der Waals surface area contributed by atoms with Crippen LogP contribution in [0.25, 0.3) is 10.9 Å². The summed E-state index contributed by atoms with van der Waals surface area (Å²) in [6.45, 7) is 2.06. The van der Waals surface area contributed by atoms with Gasteiger partial charge in [0.05, 0.1) is 6.21 Å². The van der Waals surface area contributed by atoms with Gasteiger partial charge in [-0.1, -0.05) is 29.3 Å². The van der Waals surface area contributed by atoms with Gasteiger partial charge in [-0.25, -0.2) is 5.43 Å². The lowest BCUT2D eigenvalue weighted by Crippen LogP contribution is -2.16. The van der Waals surface area contributed by atoms with E-state index in [1.165, 1.54) is 0 Å². The highest BCUT2D eigenvalue weighted by Gasteiger charge is 2.02. The number of nitrogens with zero attached hydrogens (tertiary/aromatic N) is 1. The fourth-order valence-corrected chi connectivity index (χ4v) is 2.15. The molecule has 0 aliphatic heterocycles. The number of benzene rings is 1. The zero-order chi connectivity index (χ0) is 13.7. The van der Waals surface area contributed by atoms with E-state index in [0.717, 1.165) is 33.8 Å². The highest BCUT2D eigenvalue weighted by molar-refractivity contribution is 9.10. The number of fused-ring (bicyclic) bond motifs is 1. The largest absolute Gasteiger partial charge is 0.361 e. The summed E-state index contributed by atoms with van der Waals surface area (Å²) >= 11 is 3.44. The number of hydrazone groups is 1. The van der Waals surface area contributed by atoms with E-state index in [1.54, 1.807) is 6.21 Å². The third-order valence-electron chi connectivity index (χ3n) is 2.83. The molecule has 0 radical (unpaired) electrons. The number of nitrogens with one attached hydrogen (secondary N) is 2. The Kier molecular flexibility index (Phi) is 4.74. The average molecular weight is 322 g/mol. The van der Waals surface area contributed by atoms with Crippen LogP contribution in [0.4, 0.5) is 0 Å². The molecule has 1 aromatic carbocycles. The van der Waals surface area contributed by atoms with Gasteiger partial charge in [0.15, 0.2) is 0 Å².